The van der Waals surface area contributed by atoms with Crippen LogP contribution in [0.2, 0.25) is 0 Å². The number of anilines is 2. The van der Waals surface area contributed by atoms with Gasteiger partial charge in [0.25, 0.3) is 0 Å². The number of aromatic nitrogens is 2. The quantitative estimate of drug-likeness (QED) is 0.770. The van der Waals surface area contributed by atoms with Gasteiger partial charge in [-0.3, -0.25) is 19.5 Å². The van der Waals surface area contributed by atoms with Crippen LogP contribution in [0.25, 0.3) is 11.0 Å². The van der Waals surface area contributed by atoms with Crippen LogP contribution in [-0.2, 0) is 9.59 Å². The van der Waals surface area contributed by atoms with E-state index < -0.39 is 6.04 Å². The summed E-state index contributed by atoms with van der Waals surface area (Å²) >= 11 is 0. The van der Waals surface area contributed by atoms with Crippen molar-refractivity contribution in [3.8, 4) is 5.75 Å². The predicted octanol–water partition coefficient (Wildman–Crippen LogP) is 2.57. The van der Waals surface area contributed by atoms with Gasteiger partial charge in [0.1, 0.15) is 11.8 Å². The van der Waals surface area contributed by atoms with Crippen molar-refractivity contribution in [1.82, 2.24) is 9.55 Å². The Labute approximate surface area is 143 Å². The van der Waals surface area contributed by atoms with Crippen molar-refractivity contribution in [1.29, 1.82) is 0 Å². The molecular formula is C18H16N4O3. The molecule has 3 aromatic rings. The maximum Gasteiger partial charge on any atom is 0.248 e. The van der Waals surface area contributed by atoms with Crippen molar-refractivity contribution in [2.24, 2.45) is 0 Å². The molecule has 2 N–H and O–H groups in total. The van der Waals surface area contributed by atoms with Crippen LogP contribution in [0, 0.1) is 0 Å². The molecule has 0 radical (unpaired) electrons. The monoisotopic (exact) mass is 336 g/mol. The highest BCUT2D eigenvalue weighted by Crippen LogP contribution is 2.31. The van der Waals surface area contributed by atoms with Gasteiger partial charge >= 0.3 is 0 Å². The number of carbonyl (C=O) groups is 2. The molecule has 25 heavy (non-hydrogen) atoms. The van der Waals surface area contributed by atoms with Crippen LogP contribution < -0.4 is 15.4 Å². The van der Waals surface area contributed by atoms with Crippen molar-refractivity contribution in [2.45, 2.75) is 12.5 Å². The van der Waals surface area contributed by atoms with Crippen molar-refractivity contribution in [3.63, 3.8) is 0 Å². The Morgan fingerprint density at radius 2 is 2.00 bits per heavy atom. The van der Waals surface area contributed by atoms with Gasteiger partial charge < -0.3 is 10.1 Å². The van der Waals surface area contributed by atoms with Crippen LogP contribution in [-0.4, -0.2) is 28.5 Å². The van der Waals surface area contributed by atoms with Gasteiger partial charge in [-0.05, 0) is 36.4 Å². The van der Waals surface area contributed by atoms with Gasteiger partial charge in [-0.15, -0.1) is 0 Å². The highest BCUT2D eigenvalue weighted by Gasteiger charge is 2.32. The van der Waals surface area contributed by atoms with E-state index in [1.165, 1.54) is 0 Å². The van der Waals surface area contributed by atoms with Gasteiger partial charge in [-0.2, -0.15) is 0 Å². The highest BCUT2D eigenvalue weighted by molar-refractivity contribution is 6.02. The number of nitrogens with one attached hydrogen (secondary N) is 2. The molecule has 2 aromatic carbocycles. The number of nitrogens with zero attached hydrogens (tertiary/aromatic N) is 2. The molecule has 0 fully saturated rings. The normalized spacial score (nSPS) is 16.2. The van der Waals surface area contributed by atoms with E-state index in [0.29, 0.717) is 17.4 Å². The lowest BCUT2D eigenvalue weighted by molar-refractivity contribution is -0.124. The summed E-state index contributed by atoms with van der Waals surface area (Å²) in [5.74, 6) is 0.618. The molecule has 0 saturated heterocycles. The summed E-state index contributed by atoms with van der Waals surface area (Å²) in [6.45, 7) is 0. The zero-order chi connectivity index (χ0) is 17.4. The average Bonchev–Trinajstić information content (AvgIpc) is 2.99. The summed E-state index contributed by atoms with van der Waals surface area (Å²) in [5.41, 5.74) is 2.19. The molecule has 1 aromatic heterocycles. The maximum absolute atomic E-state index is 12.8. The van der Waals surface area contributed by atoms with Crippen LogP contribution in [0.1, 0.15) is 12.5 Å². The second kappa shape index (κ2) is 5.94. The van der Waals surface area contributed by atoms with Gasteiger partial charge in [0.2, 0.25) is 17.8 Å². The average molecular weight is 336 g/mol. The lowest BCUT2D eigenvalue weighted by atomic mass is 10.1. The number of ether oxygens (including phenoxy) is 1. The number of para-hydroxylation sites is 2. The van der Waals surface area contributed by atoms with Crippen LogP contribution in [0.5, 0.6) is 5.75 Å². The minimum atomic E-state index is -0.654. The molecule has 0 spiro atoms. The maximum atomic E-state index is 12.8. The summed E-state index contributed by atoms with van der Waals surface area (Å²) in [7, 11) is 1.58. The molecule has 1 unspecified atom stereocenters. The summed E-state index contributed by atoms with van der Waals surface area (Å²) in [4.78, 5) is 29.2. The standard InChI is InChI=1S/C18H16N4O3/c1-25-12-8-6-11(7-9-12)19-17(24)15-10-16(23)21-18-20-13-4-2-3-5-14(13)22(15)18/h2-9,15H,10H2,1H3,(H,19,24)(H,20,21,23). The van der Waals surface area contributed by atoms with E-state index in [-0.39, 0.29) is 18.2 Å². The summed E-state index contributed by atoms with van der Waals surface area (Å²) in [6.07, 6.45) is 0.0648. The first kappa shape index (κ1) is 15.2. The molecule has 126 valence electrons. The first-order valence-electron chi connectivity index (χ1n) is 7.87. The second-order valence-electron chi connectivity index (χ2n) is 5.78. The fourth-order valence-corrected chi connectivity index (χ4v) is 3.00. The van der Waals surface area contributed by atoms with Gasteiger partial charge in [-0.25, -0.2) is 4.98 Å². The Balaban J connectivity index is 1.68. The van der Waals surface area contributed by atoms with E-state index in [4.69, 9.17) is 4.74 Å². The van der Waals surface area contributed by atoms with Crippen LogP contribution >= 0.6 is 0 Å². The fourth-order valence-electron chi connectivity index (χ4n) is 3.00. The Morgan fingerprint density at radius 3 is 2.76 bits per heavy atom. The van der Waals surface area contributed by atoms with Crippen LogP contribution in [0.15, 0.2) is 48.5 Å². The Bertz CT molecular complexity index is 962. The lowest BCUT2D eigenvalue weighted by Gasteiger charge is -2.25. The molecule has 4 rings (SSSR count). The number of hydrogen-bond acceptors (Lipinski definition) is 4. The molecule has 0 aliphatic carbocycles. The Kier molecular flexibility index (Phi) is 3.61. The number of fused-ring (bicyclic) bond motifs is 3. The number of hydrogen-bond donors (Lipinski definition) is 2. The number of carbonyl (C=O) groups excluding carboxylic acids is 2. The molecule has 1 aliphatic rings. The van der Waals surface area contributed by atoms with Crippen molar-refractivity contribution in [2.75, 3.05) is 17.7 Å². The van der Waals surface area contributed by atoms with Crippen molar-refractivity contribution in [3.05, 3.63) is 48.5 Å². The Morgan fingerprint density at radius 1 is 1.24 bits per heavy atom. The third-order valence-corrected chi connectivity index (χ3v) is 4.20. The number of rotatable bonds is 3. The van der Waals surface area contributed by atoms with Crippen molar-refractivity contribution >= 4 is 34.5 Å². The van der Waals surface area contributed by atoms with E-state index in [1.54, 1.807) is 35.9 Å². The summed E-state index contributed by atoms with van der Waals surface area (Å²) in [5, 5.41) is 5.59. The molecule has 0 saturated carbocycles. The zero-order valence-electron chi connectivity index (χ0n) is 13.5. The van der Waals surface area contributed by atoms with Gasteiger partial charge in [0.05, 0.1) is 24.6 Å². The van der Waals surface area contributed by atoms with E-state index >= 15 is 0 Å². The molecular weight excluding hydrogens is 320 g/mol. The fraction of sp³-hybridized carbons (Fsp3) is 0.167. The third-order valence-electron chi connectivity index (χ3n) is 4.20. The predicted molar refractivity (Wildman–Crippen MR) is 93.6 cm³/mol. The van der Waals surface area contributed by atoms with Gasteiger partial charge in [-0.1, -0.05) is 12.1 Å². The SMILES string of the molecule is COc1ccc(NC(=O)C2CC(=O)Nc3nc4ccccc4n32)cc1. The Hall–Kier alpha value is -3.35. The lowest BCUT2D eigenvalue weighted by Crippen LogP contribution is -2.35. The van der Waals surface area contributed by atoms with E-state index in [0.717, 1.165) is 11.0 Å². The van der Waals surface area contributed by atoms with Crippen LogP contribution in [0.3, 0.4) is 0 Å². The minimum Gasteiger partial charge on any atom is -0.497 e. The van der Waals surface area contributed by atoms with Gasteiger partial charge in [0.15, 0.2) is 0 Å². The largest absolute Gasteiger partial charge is 0.497 e. The summed E-state index contributed by atoms with van der Waals surface area (Å²) < 4.78 is 6.88. The topological polar surface area (TPSA) is 85.2 Å². The molecule has 1 aliphatic heterocycles. The van der Waals surface area contributed by atoms with E-state index in [1.807, 2.05) is 24.3 Å². The minimum absolute atomic E-state index is 0.0648. The number of amides is 2. The molecule has 0 bridgehead atoms. The first-order chi connectivity index (χ1) is 12.2. The number of imidazole rings is 1. The second-order valence-corrected chi connectivity index (χ2v) is 5.78. The zero-order valence-corrected chi connectivity index (χ0v) is 13.5. The first-order valence-corrected chi connectivity index (χ1v) is 7.87. The molecule has 2 amide bonds. The van der Waals surface area contributed by atoms with Crippen LogP contribution in [0.4, 0.5) is 11.6 Å². The van der Waals surface area contributed by atoms with E-state index in [2.05, 4.69) is 15.6 Å². The smallest absolute Gasteiger partial charge is 0.248 e. The highest BCUT2D eigenvalue weighted by atomic mass is 16.5. The molecule has 7 nitrogen and oxygen atoms in total. The molecule has 7 heteroatoms. The molecule has 1 atom stereocenters. The number of benzene rings is 2. The van der Waals surface area contributed by atoms with Gasteiger partial charge in [0, 0.05) is 5.69 Å². The summed E-state index contributed by atoms with van der Waals surface area (Å²) in [6, 6.07) is 13.9. The number of methoxy groups -OCH3 is 1. The molecule has 2 heterocycles. The third kappa shape index (κ3) is 2.69. The van der Waals surface area contributed by atoms with Crippen molar-refractivity contribution < 1.29 is 14.3 Å². The van der Waals surface area contributed by atoms with E-state index in [9.17, 15) is 9.59 Å².